The summed E-state index contributed by atoms with van der Waals surface area (Å²) in [5.41, 5.74) is 0.686. The lowest BCUT2D eigenvalue weighted by molar-refractivity contribution is 0.382. The van der Waals surface area contributed by atoms with Crippen molar-refractivity contribution < 1.29 is 14.0 Å². The lowest BCUT2D eigenvalue weighted by Gasteiger charge is -2.10. The molecule has 0 N–H and O–H groups in total. The van der Waals surface area contributed by atoms with Crippen LogP contribution in [0.2, 0.25) is 0 Å². The molecule has 10 heteroatoms. The van der Waals surface area contributed by atoms with Crippen molar-refractivity contribution in [1.29, 1.82) is 0 Å². The quantitative estimate of drug-likeness (QED) is 0.549. The Bertz CT molecular complexity index is 863. The summed E-state index contributed by atoms with van der Waals surface area (Å²) in [6.07, 6.45) is 0.785. The van der Waals surface area contributed by atoms with Crippen molar-refractivity contribution in [3.05, 3.63) is 29.9 Å². The second-order valence-corrected chi connectivity index (χ2v) is 6.84. The molecule has 138 valence electrons. The molecule has 0 bridgehead atoms. The van der Waals surface area contributed by atoms with Gasteiger partial charge < -0.3 is 14.0 Å². The van der Waals surface area contributed by atoms with Crippen LogP contribution in [-0.4, -0.2) is 44.6 Å². The van der Waals surface area contributed by atoms with Gasteiger partial charge in [-0.1, -0.05) is 30.8 Å². The lowest BCUT2D eigenvalue weighted by Crippen LogP contribution is -2.03. The zero-order chi connectivity index (χ0) is 18.5. The zero-order valence-corrected chi connectivity index (χ0v) is 15.9. The van der Waals surface area contributed by atoms with Crippen LogP contribution >= 0.6 is 11.8 Å². The summed E-state index contributed by atoms with van der Waals surface area (Å²) >= 11 is 1.40. The molecule has 3 aromatic rings. The van der Waals surface area contributed by atoms with Gasteiger partial charge in [-0.2, -0.15) is 9.67 Å². The molecule has 9 nitrogen and oxygen atoms in total. The van der Waals surface area contributed by atoms with E-state index in [1.165, 1.54) is 11.8 Å². The highest BCUT2D eigenvalue weighted by Crippen LogP contribution is 2.30. The molecule has 0 atom stereocenters. The van der Waals surface area contributed by atoms with Crippen LogP contribution in [0.25, 0.3) is 5.69 Å². The number of thioether (sulfide) groups is 1. The Balaban J connectivity index is 1.78. The first-order valence-corrected chi connectivity index (χ1v) is 9.04. The van der Waals surface area contributed by atoms with Crippen molar-refractivity contribution >= 4 is 11.8 Å². The van der Waals surface area contributed by atoms with Crippen molar-refractivity contribution in [3.63, 3.8) is 0 Å². The van der Waals surface area contributed by atoms with Gasteiger partial charge in [0.15, 0.2) is 5.82 Å². The third-order valence-electron chi connectivity index (χ3n) is 3.48. The number of nitrogens with zero attached hydrogens (tertiary/aromatic N) is 6. The number of benzene rings is 1. The minimum atomic E-state index is 0.470. The Morgan fingerprint density at radius 3 is 2.81 bits per heavy atom. The van der Waals surface area contributed by atoms with E-state index < -0.39 is 0 Å². The maximum absolute atomic E-state index is 5.40. The van der Waals surface area contributed by atoms with Crippen molar-refractivity contribution in [2.45, 2.75) is 31.2 Å². The smallest absolute Gasteiger partial charge is 0.237 e. The maximum atomic E-state index is 5.40. The summed E-state index contributed by atoms with van der Waals surface area (Å²) in [5, 5.41) is 16.5. The highest BCUT2D eigenvalue weighted by molar-refractivity contribution is 7.98. The Morgan fingerprint density at radius 1 is 1.23 bits per heavy atom. The van der Waals surface area contributed by atoms with E-state index in [1.807, 2.05) is 12.1 Å². The minimum Gasteiger partial charge on any atom is -0.497 e. The maximum Gasteiger partial charge on any atom is 0.237 e. The topological polar surface area (TPSA) is 101 Å². The van der Waals surface area contributed by atoms with Gasteiger partial charge in [-0.05, 0) is 28.5 Å². The molecular formula is C16H20N6O3S. The van der Waals surface area contributed by atoms with Crippen LogP contribution in [0.3, 0.4) is 0 Å². The Hall–Kier alpha value is -2.62. The Labute approximate surface area is 155 Å². The van der Waals surface area contributed by atoms with E-state index >= 15 is 0 Å². The Kier molecular flexibility index (Phi) is 5.71. The summed E-state index contributed by atoms with van der Waals surface area (Å²) in [7, 11) is 3.20. The fourth-order valence-corrected chi connectivity index (χ4v) is 3.03. The van der Waals surface area contributed by atoms with Gasteiger partial charge in [-0.25, -0.2) is 0 Å². The molecule has 1 aromatic carbocycles. The van der Waals surface area contributed by atoms with Crippen molar-refractivity contribution in [2.24, 2.45) is 5.92 Å². The number of hydrogen-bond acceptors (Lipinski definition) is 9. The second-order valence-electron chi connectivity index (χ2n) is 5.90. The predicted octanol–water partition coefficient (Wildman–Crippen LogP) is 2.55. The number of rotatable bonds is 8. The van der Waals surface area contributed by atoms with Gasteiger partial charge in [-0.3, -0.25) is 0 Å². The molecule has 0 aliphatic carbocycles. The molecule has 0 saturated carbocycles. The van der Waals surface area contributed by atoms with Gasteiger partial charge in [0.05, 0.1) is 20.0 Å². The first kappa shape index (κ1) is 18.2. The minimum absolute atomic E-state index is 0.470. The highest BCUT2D eigenvalue weighted by Gasteiger charge is 2.16. The fourth-order valence-electron chi connectivity index (χ4n) is 2.31. The van der Waals surface area contributed by atoms with E-state index in [0.29, 0.717) is 45.7 Å². The lowest BCUT2D eigenvalue weighted by atomic mass is 10.1. The largest absolute Gasteiger partial charge is 0.497 e. The molecule has 2 aromatic heterocycles. The summed E-state index contributed by atoms with van der Waals surface area (Å²) in [4.78, 5) is 4.39. The van der Waals surface area contributed by atoms with E-state index in [0.717, 1.165) is 6.42 Å². The van der Waals surface area contributed by atoms with Crippen LogP contribution in [0.5, 0.6) is 11.5 Å². The highest BCUT2D eigenvalue weighted by atomic mass is 32.2. The molecule has 0 aliphatic rings. The van der Waals surface area contributed by atoms with Crippen LogP contribution in [0.4, 0.5) is 0 Å². The van der Waals surface area contributed by atoms with Crippen molar-refractivity contribution in [1.82, 2.24) is 30.3 Å². The summed E-state index contributed by atoms with van der Waals surface area (Å²) in [6.45, 7) is 4.22. The first-order valence-electron chi connectivity index (χ1n) is 8.05. The summed E-state index contributed by atoms with van der Waals surface area (Å²) in [6, 6.07) is 5.43. The van der Waals surface area contributed by atoms with E-state index in [2.05, 4.69) is 39.5 Å². The van der Waals surface area contributed by atoms with Crippen LogP contribution in [0, 0.1) is 5.92 Å². The van der Waals surface area contributed by atoms with Crippen LogP contribution in [0.15, 0.2) is 27.9 Å². The van der Waals surface area contributed by atoms with Crippen LogP contribution in [0.1, 0.15) is 25.6 Å². The van der Waals surface area contributed by atoms with Crippen molar-refractivity contribution in [2.75, 3.05) is 14.2 Å². The van der Waals surface area contributed by atoms with Gasteiger partial charge in [-0.15, -0.1) is 5.10 Å². The van der Waals surface area contributed by atoms with E-state index in [1.54, 1.807) is 25.0 Å². The molecule has 2 heterocycles. The first-order chi connectivity index (χ1) is 12.6. The monoisotopic (exact) mass is 376 g/mol. The average molecular weight is 376 g/mol. The summed E-state index contributed by atoms with van der Waals surface area (Å²) in [5.74, 6) is 3.51. The SMILES string of the molecule is COc1ccc(OC)c(-n2nnnc2SCc2nc(CC(C)C)no2)c1. The normalized spacial score (nSPS) is 11.1. The van der Waals surface area contributed by atoms with E-state index in [4.69, 9.17) is 14.0 Å². The molecule has 0 saturated heterocycles. The number of aromatic nitrogens is 6. The molecule has 0 unspecified atom stereocenters. The number of ether oxygens (including phenoxy) is 2. The number of tetrazole rings is 1. The zero-order valence-electron chi connectivity index (χ0n) is 15.0. The number of methoxy groups -OCH3 is 2. The van der Waals surface area contributed by atoms with Gasteiger partial charge in [0.2, 0.25) is 11.0 Å². The Morgan fingerprint density at radius 2 is 2.08 bits per heavy atom. The number of hydrogen-bond donors (Lipinski definition) is 0. The molecule has 26 heavy (non-hydrogen) atoms. The van der Waals surface area contributed by atoms with E-state index in [-0.39, 0.29) is 0 Å². The van der Waals surface area contributed by atoms with E-state index in [9.17, 15) is 0 Å². The molecule has 3 rings (SSSR count). The fraction of sp³-hybridized carbons (Fsp3) is 0.438. The van der Waals surface area contributed by atoms with Gasteiger partial charge in [0, 0.05) is 12.5 Å². The van der Waals surface area contributed by atoms with Crippen LogP contribution in [-0.2, 0) is 12.2 Å². The van der Waals surface area contributed by atoms with Gasteiger partial charge in [0.1, 0.15) is 17.2 Å². The van der Waals surface area contributed by atoms with Crippen LogP contribution < -0.4 is 9.47 Å². The van der Waals surface area contributed by atoms with Gasteiger partial charge in [0.25, 0.3) is 0 Å². The average Bonchev–Trinajstić information content (AvgIpc) is 3.27. The molecule has 0 spiro atoms. The van der Waals surface area contributed by atoms with Gasteiger partial charge >= 0.3 is 0 Å². The second kappa shape index (κ2) is 8.17. The standard InChI is InChI=1S/C16H20N6O3S/c1-10(2)7-14-17-15(25-19-14)9-26-16-18-20-21-22(16)12-8-11(23-3)5-6-13(12)24-4/h5-6,8,10H,7,9H2,1-4H3. The third-order valence-corrected chi connectivity index (χ3v) is 4.38. The molecule has 0 radical (unpaired) electrons. The molecular weight excluding hydrogens is 356 g/mol. The molecule has 0 amide bonds. The van der Waals surface area contributed by atoms with Crippen molar-refractivity contribution in [3.8, 4) is 17.2 Å². The predicted molar refractivity (Wildman–Crippen MR) is 94.7 cm³/mol. The molecule has 0 fully saturated rings. The third kappa shape index (κ3) is 4.13. The summed E-state index contributed by atoms with van der Waals surface area (Å²) < 4.78 is 17.6. The molecule has 0 aliphatic heterocycles.